The van der Waals surface area contributed by atoms with Crippen molar-refractivity contribution in [3.05, 3.63) is 83.1 Å². The fourth-order valence-corrected chi connectivity index (χ4v) is 3.36. The molecule has 0 spiro atoms. The predicted molar refractivity (Wildman–Crippen MR) is 107 cm³/mol. The number of hydrogen-bond acceptors (Lipinski definition) is 5. The van der Waals surface area contributed by atoms with Crippen LogP contribution in [0.1, 0.15) is 10.4 Å². The molecule has 5 nitrogen and oxygen atoms in total. The van der Waals surface area contributed by atoms with Crippen LogP contribution in [-0.4, -0.2) is 15.2 Å². The van der Waals surface area contributed by atoms with E-state index in [0.29, 0.717) is 6.54 Å². The summed E-state index contributed by atoms with van der Waals surface area (Å²) in [6, 6.07) is 18.4. The molecule has 0 aliphatic rings. The van der Waals surface area contributed by atoms with Gasteiger partial charge in [-0.05, 0) is 35.4 Å². The molecule has 0 atom stereocenters. The molecule has 2 aromatic carbocycles. The summed E-state index contributed by atoms with van der Waals surface area (Å²) >= 11 is 1.61. The second-order valence-corrected chi connectivity index (χ2v) is 7.11. The lowest BCUT2D eigenvalue weighted by molar-refractivity contribution is -0.001000. The first kappa shape index (κ1) is 22.7. The number of thiazole rings is 1. The van der Waals surface area contributed by atoms with E-state index < -0.39 is 0 Å². The number of anilines is 2. The second-order valence-electron chi connectivity index (χ2n) is 6.00. The van der Waals surface area contributed by atoms with Crippen LogP contribution in [0.3, 0.4) is 0 Å². The Morgan fingerprint density at radius 3 is 2.45 bits per heavy atom. The van der Waals surface area contributed by atoms with E-state index in [2.05, 4.69) is 37.9 Å². The molecule has 0 amide bonds. The largest absolute Gasteiger partial charge is 1.00 e. The summed E-state index contributed by atoms with van der Waals surface area (Å²) in [5, 5.41) is 14.7. The van der Waals surface area contributed by atoms with E-state index in [4.69, 9.17) is 0 Å². The van der Waals surface area contributed by atoms with Gasteiger partial charge in [0.15, 0.2) is 5.13 Å². The maximum atomic E-state index is 13.0. The predicted octanol–water partition coefficient (Wildman–Crippen LogP) is -1.10. The number of halogens is 3. The second kappa shape index (κ2) is 10.8. The van der Waals surface area contributed by atoms with E-state index in [-0.39, 0.29) is 30.6 Å². The first-order valence-corrected chi connectivity index (χ1v) is 9.36. The van der Waals surface area contributed by atoms with Crippen molar-refractivity contribution in [3.63, 3.8) is 0 Å². The van der Waals surface area contributed by atoms with Crippen LogP contribution in [0.25, 0.3) is 11.3 Å². The van der Waals surface area contributed by atoms with Gasteiger partial charge < -0.3 is 35.4 Å². The molecule has 4 rings (SSSR count). The fourth-order valence-electron chi connectivity index (χ4n) is 2.61. The summed E-state index contributed by atoms with van der Waals surface area (Å²) in [7, 11) is 0. The van der Waals surface area contributed by atoms with Gasteiger partial charge in [0.25, 0.3) is 0 Å². The quantitative estimate of drug-likeness (QED) is 0.335. The van der Waals surface area contributed by atoms with Gasteiger partial charge >= 0.3 is 0 Å². The summed E-state index contributed by atoms with van der Waals surface area (Å²) in [6.07, 6.45) is 1.86. The third kappa shape index (κ3) is 6.19. The molecule has 0 aliphatic carbocycles. The maximum absolute atomic E-state index is 13.0. The van der Waals surface area contributed by atoms with Crippen molar-refractivity contribution in [2.45, 2.75) is 13.1 Å². The van der Waals surface area contributed by atoms with Crippen molar-refractivity contribution in [1.82, 2.24) is 15.2 Å². The Labute approximate surface area is 184 Å². The van der Waals surface area contributed by atoms with Crippen molar-refractivity contribution in [3.8, 4) is 11.3 Å². The van der Waals surface area contributed by atoms with Gasteiger partial charge in [0.2, 0.25) is 0 Å². The first-order chi connectivity index (χ1) is 13.3. The summed E-state index contributed by atoms with van der Waals surface area (Å²) < 4.78 is 13.0. The molecule has 3 N–H and O–H groups in total. The Bertz CT molecular complexity index is 1010. The van der Waals surface area contributed by atoms with E-state index in [1.54, 1.807) is 23.5 Å². The van der Waals surface area contributed by atoms with E-state index >= 15 is 0 Å². The van der Waals surface area contributed by atoms with Crippen LogP contribution in [-0.2, 0) is 13.1 Å². The minimum Gasteiger partial charge on any atom is -1.00 e. The van der Waals surface area contributed by atoms with E-state index in [0.717, 1.165) is 33.6 Å². The molecule has 9 heteroatoms. The number of nitrogens with zero attached hydrogens (tertiary/aromatic N) is 2. The Morgan fingerprint density at radius 2 is 1.69 bits per heavy atom. The van der Waals surface area contributed by atoms with Gasteiger partial charge in [0.1, 0.15) is 11.6 Å². The van der Waals surface area contributed by atoms with Crippen molar-refractivity contribution in [2.75, 3.05) is 10.6 Å². The average molecular weight is 450 g/mol. The SMILES string of the molecule is Fc1ccc(-c2cc(NCc3cnc(NCc4ccccc4)s3)n[nH]2)cc1.[Cl-].[Cl-]. The number of rotatable bonds is 7. The van der Waals surface area contributed by atoms with Crippen molar-refractivity contribution in [1.29, 1.82) is 0 Å². The molecule has 0 unspecified atom stereocenters. The zero-order valence-electron chi connectivity index (χ0n) is 15.2. The summed E-state index contributed by atoms with van der Waals surface area (Å²) in [6.45, 7) is 1.39. The Hall–Kier alpha value is -2.61. The topological polar surface area (TPSA) is 65.6 Å². The normalized spacial score (nSPS) is 9.97. The average Bonchev–Trinajstić information content (AvgIpc) is 3.36. The Kier molecular flexibility index (Phi) is 8.45. The lowest BCUT2D eigenvalue weighted by Crippen LogP contribution is -3.00. The molecular formula is C20H18Cl2FN5S-2. The molecule has 0 bridgehead atoms. The third-order valence-corrected chi connectivity index (χ3v) is 4.97. The number of H-pyrrole nitrogens is 1. The van der Waals surface area contributed by atoms with E-state index in [9.17, 15) is 4.39 Å². The number of hydrogen-bond donors (Lipinski definition) is 3. The number of nitrogens with one attached hydrogen (secondary N) is 3. The molecule has 0 aliphatic heterocycles. The standard InChI is InChI=1S/C20H18FN5S.2ClH/c21-16-8-6-15(7-9-16)18-10-19(26-25-18)22-12-17-13-24-20(27-17)23-11-14-4-2-1-3-5-14;;/h1-10,13H,11-12H2,(H,23,24)(H2,22,25,26);2*1H/p-2. The molecule has 0 radical (unpaired) electrons. The highest BCUT2D eigenvalue weighted by atomic mass is 35.5. The van der Waals surface area contributed by atoms with Crippen LogP contribution in [0.15, 0.2) is 66.9 Å². The Morgan fingerprint density at radius 1 is 0.931 bits per heavy atom. The Balaban J connectivity index is 0.00000150. The molecule has 29 heavy (non-hydrogen) atoms. The molecule has 0 fully saturated rings. The highest BCUT2D eigenvalue weighted by molar-refractivity contribution is 7.15. The van der Waals surface area contributed by atoms with Crippen LogP contribution >= 0.6 is 11.3 Å². The molecule has 152 valence electrons. The zero-order valence-corrected chi connectivity index (χ0v) is 17.5. The van der Waals surface area contributed by atoms with E-state index in [1.807, 2.05) is 30.5 Å². The van der Waals surface area contributed by atoms with Crippen LogP contribution in [0.4, 0.5) is 15.3 Å². The van der Waals surface area contributed by atoms with Crippen LogP contribution in [0.5, 0.6) is 0 Å². The van der Waals surface area contributed by atoms with Crippen molar-refractivity contribution in [2.24, 2.45) is 0 Å². The van der Waals surface area contributed by atoms with Crippen molar-refractivity contribution >= 4 is 22.3 Å². The number of aromatic amines is 1. The highest BCUT2D eigenvalue weighted by Crippen LogP contribution is 2.22. The molecule has 0 saturated carbocycles. The zero-order chi connectivity index (χ0) is 18.5. The highest BCUT2D eigenvalue weighted by Gasteiger charge is 2.06. The molecule has 2 aromatic heterocycles. The van der Waals surface area contributed by atoms with E-state index in [1.165, 1.54) is 17.7 Å². The van der Waals surface area contributed by atoms with Gasteiger partial charge in [-0.15, -0.1) is 11.3 Å². The molecule has 2 heterocycles. The summed E-state index contributed by atoms with van der Waals surface area (Å²) in [5.41, 5.74) is 2.95. The van der Waals surface area contributed by atoms with Crippen LogP contribution in [0, 0.1) is 5.82 Å². The molecule has 4 aromatic rings. The van der Waals surface area contributed by atoms with Crippen LogP contribution in [0.2, 0.25) is 0 Å². The minimum absolute atomic E-state index is 0. The number of aromatic nitrogens is 3. The van der Waals surface area contributed by atoms with Gasteiger partial charge in [0.05, 0.1) is 12.2 Å². The minimum atomic E-state index is -0.251. The smallest absolute Gasteiger partial charge is 0.183 e. The monoisotopic (exact) mass is 449 g/mol. The first-order valence-electron chi connectivity index (χ1n) is 8.54. The lowest BCUT2D eigenvalue weighted by atomic mass is 10.1. The summed E-state index contributed by atoms with van der Waals surface area (Å²) in [4.78, 5) is 5.52. The fraction of sp³-hybridized carbons (Fsp3) is 0.100. The van der Waals surface area contributed by atoms with Gasteiger partial charge in [0, 0.05) is 23.7 Å². The molecular weight excluding hydrogens is 432 g/mol. The van der Waals surface area contributed by atoms with Gasteiger partial charge in [-0.25, -0.2) is 9.37 Å². The molecule has 0 saturated heterocycles. The van der Waals surface area contributed by atoms with Crippen LogP contribution < -0.4 is 35.4 Å². The third-order valence-electron chi connectivity index (χ3n) is 4.02. The lowest BCUT2D eigenvalue weighted by Gasteiger charge is -2.02. The van der Waals surface area contributed by atoms with Gasteiger partial charge in [-0.1, -0.05) is 30.3 Å². The van der Waals surface area contributed by atoms with Gasteiger partial charge in [-0.2, -0.15) is 5.10 Å². The number of benzene rings is 2. The maximum Gasteiger partial charge on any atom is 0.183 e. The summed E-state index contributed by atoms with van der Waals surface area (Å²) in [5.74, 6) is 0.486. The van der Waals surface area contributed by atoms with Gasteiger partial charge in [-0.3, -0.25) is 5.10 Å². The van der Waals surface area contributed by atoms with Crippen molar-refractivity contribution < 1.29 is 29.2 Å².